The van der Waals surface area contributed by atoms with Gasteiger partial charge in [-0.1, -0.05) is 6.92 Å². The second-order valence-electron chi connectivity index (χ2n) is 10.6. The van der Waals surface area contributed by atoms with Gasteiger partial charge in [0.25, 0.3) is 5.91 Å². The fourth-order valence-corrected chi connectivity index (χ4v) is 7.61. The smallest absolute Gasteiger partial charge is 0.255 e. The van der Waals surface area contributed by atoms with Crippen LogP contribution in [0.15, 0.2) is 11.2 Å². The zero-order valence-corrected chi connectivity index (χ0v) is 20.2. The van der Waals surface area contributed by atoms with E-state index >= 15 is 0 Å². The van der Waals surface area contributed by atoms with Crippen LogP contribution in [0, 0.1) is 17.8 Å². The van der Waals surface area contributed by atoms with Crippen molar-refractivity contribution in [1.82, 2.24) is 15.3 Å². The van der Waals surface area contributed by atoms with Crippen LogP contribution in [0.4, 0.5) is 5.95 Å². The molecule has 4 aliphatic carbocycles. The van der Waals surface area contributed by atoms with Crippen molar-refractivity contribution >= 4 is 23.6 Å². The molecular formula is C24H36N4O3S. The van der Waals surface area contributed by atoms with Gasteiger partial charge in [0.15, 0.2) is 0 Å². The highest BCUT2D eigenvalue weighted by atomic mass is 32.2. The summed E-state index contributed by atoms with van der Waals surface area (Å²) in [5.74, 6) is 2.93. The Labute approximate surface area is 195 Å². The van der Waals surface area contributed by atoms with Gasteiger partial charge in [-0.3, -0.25) is 4.79 Å². The van der Waals surface area contributed by atoms with Gasteiger partial charge >= 0.3 is 0 Å². The maximum atomic E-state index is 13.4. The molecule has 0 radical (unpaired) electrons. The van der Waals surface area contributed by atoms with Gasteiger partial charge in [-0.25, -0.2) is 9.97 Å². The van der Waals surface area contributed by atoms with Gasteiger partial charge < -0.3 is 20.1 Å². The molecule has 1 aliphatic heterocycles. The topological polar surface area (TPSA) is 87.6 Å². The molecule has 5 aliphatic rings. The minimum absolute atomic E-state index is 0.0664. The zero-order chi connectivity index (χ0) is 22.5. The number of amides is 1. The third kappa shape index (κ3) is 4.38. The molecule has 6 rings (SSSR count). The van der Waals surface area contributed by atoms with Crippen LogP contribution >= 0.6 is 11.8 Å². The van der Waals surface area contributed by atoms with Crippen molar-refractivity contribution in [1.29, 1.82) is 0 Å². The van der Waals surface area contributed by atoms with Gasteiger partial charge in [0.2, 0.25) is 5.95 Å². The molecule has 32 heavy (non-hydrogen) atoms. The van der Waals surface area contributed by atoms with Crippen molar-refractivity contribution in [3.63, 3.8) is 0 Å². The summed E-state index contributed by atoms with van der Waals surface area (Å²) in [6, 6.07) is 0.156. The Bertz CT molecular complexity index is 842. The van der Waals surface area contributed by atoms with Crippen LogP contribution < -0.4 is 10.2 Å². The van der Waals surface area contributed by atoms with Crippen LogP contribution in [0.2, 0.25) is 0 Å². The Morgan fingerprint density at radius 3 is 2.56 bits per heavy atom. The van der Waals surface area contributed by atoms with Gasteiger partial charge in [-0.05, 0) is 75.9 Å². The van der Waals surface area contributed by atoms with E-state index in [0.29, 0.717) is 29.3 Å². The minimum atomic E-state index is -0.489. The van der Waals surface area contributed by atoms with Crippen molar-refractivity contribution < 1.29 is 14.6 Å². The molecule has 2 heterocycles. The second kappa shape index (κ2) is 8.76. The minimum Gasteiger partial charge on any atom is -0.390 e. The van der Waals surface area contributed by atoms with Crippen LogP contribution in [-0.4, -0.2) is 63.7 Å². The summed E-state index contributed by atoms with van der Waals surface area (Å²) in [7, 11) is 0. The maximum Gasteiger partial charge on any atom is 0.255 e. The standard InChI is InChI=1S/C24H36N4O3S/c1-4-5-32-22-19(11-25-23(27-22)28-12-14(2)31-15(3)13-28)21(29)26-20-17-6-16-7-18(20)10-24(30,8-16)9-17/h11,14-18,20,30H,4-10,12-13H2,1-3H3,(H,26,29)/t14-,15+,16?,17?,18?,20-,24+. The Kier molecular flexibility index (Phi) is 6.14. The lowest BCUT2D eigenvalue weighted by Crippen LogP contribution is -2.61. The number of hydrogen-bond donors (Lipinski definition) is 2. The number of hydrogen-bond acceptors (Lipinski definition) is 7. The third-order valence-corrected chi connectivity index (χ3v) is 8.87. The SMILES string of the molecule is CCCSc1nc(N2C[C@@H](C)O[C@@H](C)C2)ncc1C(=O)N[C@H]1C2CC3CC1C[C@@](O)(C3)C2. The molecule has 0 spiro atoms. The molecular weight excluding hydrogens is 424 g/mol. The molecule has 176 valence electrons. The molecule has 1 saturated heterocycles. The molecule has 5 fully saturated rings. The average Bonchev–Trinajstić information content (AvgIpc) is 2.72. The Morgan fingerprint density at radius 2 is 1.94 bits per heavy atom. The number of nitrogens with zero attached hydrogens (tertiary/aromatic N) is 3. The lowest BCUT2D eigenvalue weighted by atomic mass is 9.52. The highest BCUT2D eigenvalue weighted by Gasteiger charge is 2.55. The van der Waals surface area contributed by atoms with E-state index in [4.69, 9.17) is 9.72 Å². The lowest BCUT2D eigenvalue weighted by Gasteiger charge is -2.58. The molecule has 2 unspecified atom stereocenters. The van der Waals surface area contributed by atoms with Crippen LogP contribution in [0.5, 0.6) is 0 Å². The molecule has 4 saturated carbocycles. The monoisotopic (exact) mass is 460 g/mol. The predicted molar refractivity (Wildman–Crippen MR) is 125 cm³/mol. The molecule has 1 aromatic rings. The number of anilines is 1. The average molecular weight is 461 g/mol. The fourth-order valence-electron chi connectivity index (χ4n) is 6.76. The summed E-state index contributed by atoms with van der Waals surface area (Å²) in [4.78, 5) is 25.0. The molecule has 8 heteroatoms. The zero-order valence-electron chi connectivity index (χ0n) is 19.4. The molecule has 7 nitrogen and oxygen atoms in total. The number of carbonyl (C=O) groups excluding carboxylic acids is 1. The normalized spacial score (nSPS) is 38.2. The van der Waals surface area contributed by atoms with Gasteiger partial charge in [0, 0.05) is 25.3 Å². The number of nitrogens with one attached hydrogen (secondary N) is 1. The van der Waals surface area contributed by atoms with Gasteiger partial charge in [0.05, 0.1) is 23.4 Å². The number of thioether (sulfide) groups is 1. The molecule has 0 aromatic carbocycles. The van der Waals surface area contributed by atoms with Crippen molar-refractivity contribution in [3.05, 3.63) is 11.8 Å². The van der Waals surface area contributed by atoms with E-state index in [2.05, 4.69) is 36.0 Å². The quantitative estimate of drug-likeness (QED) is 0.498. The van der Waals surface area contributed by atoms with Crippen molar-refractivity contribution in [2.75, 3.05) is 23.7 Å². The van der Waals surface area contributed by atoms with E-state index in [-0.39, 0.29) is 24.2 Å². The summed E-state index contributed by atoms with van der Waals surface area (Å²) in [5, 5.41) is 15.0. The Hall–Kier alpha value is -1.38. The Morgan fingerprint density at radius 1 is 1.25 bits per heavy atom. The van der Waals surface area contributed by atoms with Gasteiger partial charge in [-0.2, -0.15) is 0 Å². The fraction of sp³-hybridized carbons (Fsp3) is 0.792. The van der Waals surface area contributed by atoms with Crippen LogP contribution in [-0.2, 0) is 4.74 Å². The molecule has 4 atom stereocenters. The highest BCUT2D eigenvalue weighted by molar-refractivity contribution is 7.99. The maximum absolute atomic E-state index is 13.4. The van der Waals surface area contributed by atoms with Crippen LogP contribution in [0.3, 0.4) is 0 Å². The van der Waals surface area contributed by atoms with E-state index in [1.807, 2.05) is 0 Å². The summed E-state index contributed by atoms with van der Waals surface area (Å²) < 4.78 is 5.85. The number of aliphatic hydroxyl groups is 1. The van der Waals surface area contributed by atoms with Crippen molar-refractivity contribution in [2.24, 2.45) is 17.8 Å². The number of morpholine rings is 1. The number of carbonyl (C=O) groups is 1. The van der Waals surface area contributed by atoms with E-state index in [9.17, 15) is 9.90 Å². The largest absolute Gasteiger partial charge is 0.390 e. The van der Waals surface area contributed by atoms with Gasteiger partial charge in [-0.15, -0.1) is 11.8 Å². The van der Waals surface area contributed by atoms with E-state index < -0.39 is 5.60 Å². The molecule has 1 amide bonds. The molecule has 2 N–H and O–H groups in total. The summed E-state index contributed by atoms with van der Waals surface area (Å²) >= 11 is 1.64. The highest BCUT2D eigenvalue weighted by Crippen LogP contribution is 2.55. The summed E-state index contributed by atoms with van der Waals surface area (Å²) in [6.07, 6.45) is 7.84. The van der Waals surface area contributed by atoms with Crippen LogP contribution in [0.1, 0.15) is 69.7 Å². The number of ether oxygens (including phenoxy) is 1. The first-order valence-corrected chi connectivity index (χ1v) is 13.3. The first-order valence-electron chi connectivity index (χ1n) is 12.3. The van der Waals surface area contributed by atoms with E-state index in [0.717, 1.165) is 62.4 Å². The van der Waals surface area contributed by atoms with E-state index in [1.165, 1.54) is 0 Å². The van der Waals surface area contributed by atoms with Crippen molar-refractivity contribution in [3.8, 4) is 0 Å². The predicted octanol–water partition coefficient (Wildman–Crippen LogP) is 3.26. The first-order chi connectivity index (χ1) is 15.3. The van der Waals surface area contributed by atoms with Crippen molar-refractivity contribution in [2.45, 2.75) is 88.2 Å². The summed E-state index contributed by atoms with van der Waals surface area (Å²) in [5.41, 5.74) is 0.0888. The lowest BCUT2D eigenvalue weighted by molar-refractivity contribution is -0.136. The third-order valence-electron chi connectivity index (χ3n) is 7.67. The number of rotatable bonds is 6. The van der Waals surface area contributed by atoms with Gasteiger partial charge in [0.1, 0.15) is 5.03 Å². The first kappa shape index (κ1) is 22.4. The second-order valence-corrected chi connectivity index (χ2v) is 11.7. The summed E-state index contributed by atoms with van der Waals surface area (Å²) in [6.45, 7) is 7.78. The Balaban J connectivity index is 1.34. The number of aromatic nitrogens is 2. The molecule has 1 aromatic heterocycles. The molecule has 4 bridgehead atoms. The van der Waals surface area contributed by atoms with Crippen LogP contribution in [0.25, 0.3) is 0 Å². The van der Waals surface area contributed by atoms with E-state index in [1.54, 1.807) is 18.0 Å².